The molecule has 0 spiro atoms. The Morgan fingerprint density at radius 2 is 1.30 bits per heavy atom. The van der Waals surface area contributed by atoms with Crippen LogP contribution in [-0.2, 0) is 6.42 Å². The minimum absolute atomic E-state index is 0.481. The zero-order valence-electron chi connectivity index (χ0n) is 22.8. The van der Waals surface area contributed by atoms with E-state index in [1.54, 1.807) is 0 Å². The first-order chi connectivity index (χ1) is 19.8. The van der Waals surface area contributed by atoms with Crippen molar-refractivity contribution in [3.05, 3.63) is 144 Å². The summed E-state index contributed by atoms with van der Waals surface area (Å²) in [4.78, 5) is 0. The van der Waals surface area contributed by atoms with E-state index in [9.17, 15) is 0 Å². The maximum Gasteiger partial charge on any atom is 0.0622 e. The first-order valence-corrected chi connectivity index (χ1v) is 14.5. The molecular formula is C39H31N. The zero-order chi connectivity index (χ0) is 26.6. The van der Waals surface area contributed by atoms with Crippen molar-refractivity contribution in [3.8, 4) is 16.8 Å². The largest absolute Gasteiger partial charge is 0.312 e. The second kappa shape index (κ2) is 9.24. The van der Waals surface area contributed by atoms with Crippen molar-refractivity contribution in [2.75, 3.05) is 0 Å². The van der Waals surface area contributed by atoms with Gasteiger partial charge in [-0.05, 0) is 71.2 Å². The molecule has 1 atom stereocenters. The molecule has 1 aromatic heterocycles. The Morgan fingerprint density at radius 1 is 0.650 bits per heavy atom. The fourth-order valence-corrected chi connectivity index (χ4v) is 6.96. The number of hydrogen-bond donors (Lipinski definition) is 0. The molecular weight excluding hydrogens is 482 g/mol. The van der Waals surface area contributed by atoms with Crippen LogP contribution in [0.4, 0.5) is 0 Å². The third kappa shape index (κ3) is 3.62. The van der Waals surface area contributed by atoms with Gasteiger partial charge in [0.05, 0.1) is 5.52 Å². The Labute approximate surface area is 235 Å². The van der Waals surface area contributed by atoms with E-state index in [1.165, 1.54) is 71.7 Å². The topological polar surface area (TPSA) is 4.93 Å². The van der Waals surface area contributed by atoms with E-state index < -0.39 is 0 Å². The van der Waals surface area contributed by atoms with Crippen LogP contribution in [0.3, 0.4) is 0 Å². The van der Waals surface area contributed by atoms with E-state index in [1.807, 2.05) is 0 Å². The lowest BCUT2D eigenvalue weighted by Crippen LogP contribution is -2.03. The van der Waals surface area contributed by atoms with Gasteiger partial charge in [0.2, 0.25) is 0 Å². The van der Waals surface area contributed by atoms with Gasteiger partial charge in [-0.2, -0.15) is 0 Å². The van der Waals surface area contributed by atoms with Gasteiger partial charge in [-0.1, -0.05) is 121 Å². The van der Waals surface area contributed by atoms with E-state index in [-0.39, 0.29) is 0 Å². The third-order valence-electron chi connectivity index (χ3n) is 8.84. The highest BCUT2D eigenvalue weighted by Gasteiger charge is 2.23. The van der Waals surface area contributed by atoms with Crippen molar-refractivity contribution < 1.29 is 0 Å². The summed E-state index contributed by atoms with van der Waals surface area (Å²) in [6.45, 7) is 2.19. The van der Waals surface area contributed by atoms with Crippen LogP contribution >= 0.6 is 0 Å². The molecule has 0 fully saturated rings. The number of aromatic nitrogens is 1. The van der Waals surface area contributed by atoms with Crippen LogP contribution in [0.2, 0.25) is 0 Å². The number of rotatable bonds is 3. The third-order valence-corrected chi connectivity index (χ3v) is 8.84. The summed E-state index contributed by atoms with van der Waals surface area (Å²) in [5, 5.41) is 6.69. The minimum atomic E-state index is 0.481. The lowest BCUT2D eigenvalue weighted by atomic mass is 9.89. The summed E-state index contributed by atoms with van der Waals surface area (Å²) in [5.41, 5.74) is 10.6. The van der Waals surface area contributed by atoms with Crippen molar-refractivity contribution in [2.24, 2.45) is 0 Å². The Morgan fingerprint density at radius 3 is 2.02 bits per heavy atom. The van der Waals surface area contributed by atoms with Crippen LogP contribution in [0.25, 0.3) is 55.3 Å². The maximum absolute atomic E-state index is 2.54. The summed E-state index contributed by atoms with van der Waals surface area (Å²) in [6.07, 6.45) is 14.8. The average Bonchev–Trinajstić information content (AvgIpc) is 3.37. The van der Waals surface area contributed by atoms with Crippen molar-refractivity contribution in [1.82, 2.24) is 4.57 Å². The van der Waals surface area contributed by atoms with Crippen LogP contribution < -0.4 is 0 Å². The summed E-state index contributed by atoms with van der Waals surface area (Å²) in [5.74, 6) is 0.481. The molecule has 0 N–H and O–H groups in total. The molecule has 8 rings (SSSR count). The smallest absolute Gasteiger partial charge is 0.0622 e. The standard InChI is InChI=1S/C39H31N/c1-26-9-8-10-30(25-26)29-19-17-27(18-20-29)28-21-23-31(24-22-28)40-37-16-7-6-15-36(37)38-34-13-4-2-11-32(34)33-12-3-5-14-35(33)39(38)40/h2-6,8-9,11-15,17-25,30H,7,10,16H2,1H3. The molecule has 192 valence electrons. The molecule has 2 aliphatic rings. The van der Waals surface area contributed by atoms with E-state index in [2.05, 4.69) is 139 Å². The molecule has 0 amide bonds. The molecule has 0 saturated heterocycles. The van der Waals surface area contributed by atoms with Crippen LogP contribution in [0.1, 0.15) is 42.5 Å². The van der Waals surface area contributed by atoms with Crippen LogP contribution in [0, 0.1) is 0 Å². The molecule has 6 aromatic rings. The van der Waals surface area contributed by atoms with Crippen LogP contribution in [0.15, 0.2) is 127 Å². The Hall–Kier alpha value is -4.62. The number of fused-ring (bicyclic) bond motifs is 8. The van der Waals surface area contributed by atoms with Crippen molar-refractivity contribution in [3.63, 3.8) is 0 Å². The highest BCUT2D eigenvalue weighted by atomic mass is 15.0. The lowest BCUT2D eigenvalue weighted by Gasteiger charge is -2.17. The quantitative estimate of drug-likeness (QED) is 0.207. The lowest BCUT2D eigenvalue weighted by molar-refractivity contribution is 0.844. The van der Waals surface area contributed by atoms with Gasteiger partial charge < -0.3 is 4.57 Å². The maximum atomic E-state index is 2.54. The molecule has 2 aliphatic carbocycles. The van der Waals surface area contributed by atoms with Crippen molar-refractivity contribution in [1.29, 1.82) is 0 Å². The molecule has 1 nitrogen and oxygen atoms in total. The summed E-state index contributed by atoms with van der Waals surface area (Å²) >= 11 is 0. The summed E-state index contributed by atoms with van der Waals surface area (Å²) < 4.78 is 2.54. The fourth-order valence-electron chi connectivity index (χ4n) is 6.96. The Balaban J connectivity index is 1.27. The number of allylic oxidation sites excluding steroid dienone is 5. The summed E-state index contributed by atoms with van der Waals surface area (Å²) in [7, 11) is 0. The minimum Gasteiger partial charge on any atom is -0.312 e. The van der Waals surface area contributed by atoms with Gasteiger partial charge in [-0.15, -0.1) is 0 Å². The van der Waals surface area contributed by atoms with Crippen LogP contribution in [0.5, 0.6) is 0 Å². The van der Waals surface area contributed by atoms with Gasteiger partial charge in [0.25, 0.3) is 0 Å². The SMILES string of the molecule is CC1=CC(c2ccc(-c3ccc(-n4c5c(c6c7ccccc7c7ccccc7c64)C=CCC5)cc3)cc2)CC=C1. The number of benzene rings is 5. The predicted octanol–water partition coefficient (Wildman–Crippen LogP) is 10.6. The molecule has 1 heteroatoms. The number of hydrogen-bond acceptors (Lipinski definition) is 0. The van der Waals surface area contributed by atoms with Gasteiger partial charge in [-0.25, -0.2) is 0 Å². The number of nitrogens with zero attached hydrogens (tertiary/aromatic N) is 1. The second-order valence-electron chi connectivity index (χ2n) is 11.3. The van der Waals surface area contributed by atoms with E-state index in [4.69, 9.17) is 0 Å². The molecule has 5 aromatic carbocycles. The molecule has 0 saturated carbocycles. The highest BCUT2D eigenvalue weighted by Crippen LogP contribution is 2.43. The average molecular weight is 514 g/mol. The van der Waals surface area contributed by atoms with Gasteiger partial charge in [-0.3, -0.25) is 0 Å². The van der Waals surface area contributed by atoms with Gasteiger partial charge in [0, 0.05) is 33.6 Å². The van der Waals surface area contributed by atoms with Crippen molar-refractivity contribution >= 4 is 38.5 Å². The van der Waals surface area contributed by atoms with E-state index >= 15 is 0 Å². The Bertz CT molecular complexity index is 2010. The molecule has 0 bridgehead atoms. The molecule has 0 radical (unpaired) electrons. The monoisotopic (exact) mass is 513 g/mol. The molecule has 1 heterocycles. The van der Waals surface area contributed by atoms with Crippen LogP contribution in [-0.4, -0.2) is 4.57 Å². The van der Waals surface area contributed by atoms with Crippen molar-refractivity contribution in [2.45, 2.75) is 32.1 Å². The highest BCUT2D eigenvalue weighted by molar-refractivity contribution is 6.27. The first kappa shape index (κ1) is 23.3. The summed E-state index contributed by atoms with van der Waals surface area (Å²) in [6, 6.07) is 36.2. The molecule has 1 unspecified atom stereocenters. The molecule has 0 aliphatic heterocycles. The zero-order valence-corrected chi connectivity index (χ0v) is 22.8. The van der Waals surface area contributed by atoms with Gasteiger partial charge >= 0.3 is 0 Å². The predicted molar refractivity (Wildman–Crippen MR) is 171 cm³/mol. The first-order valence-electron chi connectivity index (χ1n) is 14.5. The van der Waals surface area contributed by atoms with Gasteiger partial charge in [0.1, 0.15) is 0 Å². The normalized spacial score (nSPS) is 16.5. The fraction of sp³-hybridized carbons (Fsp3) is 0.128. The second-order valence-corrected chi connectivity index (χ2v) is 11.3. The van der Waals surface area contributed by atoms with E-state index in [0.29, 0.717) is 5.92 Å². The Kier molecular flexibility index (Phi) is 5.38. The van der Waals surface area contributed by atoms with E-state index in [0.717, 1.165) is 19.3 Å². The molecule has 40 heavy (non-hydrogen) atoms. The van der Waals surface area contributed by atoms with Gasteiger partial charge in [0.15, 0.2) is 0 Å².